The number of thioether (sulfide) groups is 1. The number of sulfonamides is 1. The lowest BCUT2D eigenvalue weighted by Crippen LogP contribution is -2.53. The number of piperidine rings is 2. The Morgan fingerprint density at radius 3 is 2.24 bits per heavy atom. The lowest BCUT2D eigenvalue weighted by Gasteiger charge is -2.49. The molecule has 2 atom stereocenters. The van der Waals surface area contributed by atoms with Gasteiger partial charge in [-0.25, -0.2) is 25.9 Å². The van der Waals surface area contributed by atoms with Crippen LogP contribution in [0.2, 0.25) is 5.02 Å². The SMILES string of the molecule is O=C1CCC(Nc2ccc(N3CC(CN4CCC5(CCC(c6ccc(Cl)cc6)=C(CN6CCN(c7ccc(C(=O)NS(=O)(=O)c8ccc(N[C@H](CCN9CCCOCC9)CSc9ccccc9)c(S(=O)(=O)C(F)(F)F)c8)cc7)CC6)C5)CC4)C3)c(F)c2)C(=O)N1. The Bertz CT molecular complexity index is 3640. The zero-order valence-corrected chi connectivity index (χ0v) is 53.2. The number of hydrogen-bond donors (Lipinski definition) is 4. The number of hydrogen-bond acceptors (Lipinski definition) is 16. The molecular formula is C65H76ClF4N9O8S3. The first kappa shape index (κ1) is 65.2. The van der Waals surface area contributed by atoms with E-state index in [0.29, 0.717) is 86.4 Å². The van der Waals surface area contributed by atoms with Crippen molar-refractivity contribution in [1.82, 2.24) is 24.7 Å². The van der Waals surface area contributed by atoms with Crippen molar-refractivity contribution in [2.45, 2.75) is 90.1 Å². The molecule has 1 aliphatic carbocycles. The third-order valence-corrected chi connectivity index (χ3v) is 22.7. The lowest BCUT2D eigenvalue weighted by atomic mass is 9.65. The number of carbonyl (C=O) groups is 3. The molecule has 0 saturated carbocycles. The van der Waals surface area contributed by atoms with Gasteiger partial charge in [0.25, 0.3) is 25.8 Å². The molecule has 4 N–H and O–H groups in total. The minimum atomic E-state index is -6.10. The van der Waals surface area contributed by atoms with Gasteiger partial charge in [-0.1, -0.05) is 47.5 Å². The summed E-state index contributed by atoms with van der Waals surface area (Å²) in [6.45, 7) is 11.4. The molecule has 0 aromatic heterocycles. The average Bonchev–Trinajstić information content (AvgIpc) is 1.02. The molecule has 5 aromatic rings. The predicted molar refractivity (Wildman–Crippen MR) is 343 cm³/mol. The fraction of sp³-hybridized carbons (Fsp3) is 0.462. The maximum atomic E-state index is 15.4. The number of alkyl halides is 3. The topological polar surface area (TPSA) is 193 Å². The first-order valence-corrected chi connectivity index (χ1v) is 35.2. The number of nitrogens with one attached hydrogen (secondary N) is 4. The van der Waals surface area contributed by atoms with Crippen LogP contribution in [0.15, 0.2) is 136 Å². The molecule has 3 amide bonds. The number of amides is 3. The summed E-state index contributed by atoms with van der Waals surface area (Å²) >= 11 is 7.82. The van der Waals surface area contributed by atoms with Crippen LogP contribution in [0, 0.1) is 17.2 Å². The molecular weight excluding hydrogens is 1240 g/mol. The van der Waals surface area contributed by atoms with E-state index in [1.165, 1.54) is 46.7 Å². The van der Waals surface area contributed by atoms with Gasteiger partial charge in [0.2, 0.25) is 11.8 Å². The van der Waals surface area contributed by atoms with E-state index < -0.39 is 64.7 Å². The van der Waals surface area contributed by atoms with E-state index in [9.17, 15) is 44.4 Å². The number of imide groups is 1. The number of halogens is 5. The van der Waals surface area contributed by atoms with Gasteiger partial charge in [-0.05, 0) is 166 Å². The molecule has 90 heavy (non-hydrogen) atoms. The number of ether oxygens (including phenoxy) is 1. The van der Waals surface area contributed by atoms with Crippen LogP contribution in [0.1, 0.15) is 73.7 Å². The number of allylic oxidation sites excluding steroid dienone is 1. The van der Waals surface area contributed by atoms with Crippen molar-refractivity contribution in [3.8, 4) is 0 Å². The van der Waals surface area contributed by atoms with Crippen LogP contribution < -0.4 is 30.5 Å². The summed E-state index contributed by atoms with van der Waals surface area (Å²) in [6.07, 6.45) is 7.10. The number of likely N-dealkylation sites (tertiary alicyclic amines) is 1. The Hall–Kier alpha value is -6.25. The number of sulfone groups is 1. The Labute approximate surface area is 533 Å². The molecule has 482 valence electrons. The van der Waals surface area contributed by atoms with Crippen molar-refractivity contribution < 1.29 is 53.5 Å². The quantitative estimate of drug-likeness (QED) is 0.0308. The van der Waals surface area contributed by atoms with E-state index in [1.54, 1.807) is 24.3 Å². The monoisotopic (exact) mass is 1320 g/mol. The molecule has 6 aliphatic rings. The molecule has 5 fully saturated rings. The van der Waals surface area contributed by atoms with E-state index >= 15 is 4.39 Å². The third kappa shape index (κ3) is 16.0. The van der Waals surface area contributed by atoms with Gasteiger partial charge in [-0.2, -0.15) is 13.2 Å². The van der Waals surface area contributed by atoms with Gasteiger partial charge in [0, 0.05) is 130 Å². The van der Waals surface area contributed by atoms with E-state index in [2.05, 4.69) is 52.6 Å². The summed E-state index contributed by atoms with van der Waals surface area (Å²) in [7, 11) is -11.0. The fourth-order valence-electron chi connectivity index (χ4n) is 13.3. The highest BCUT2D eigenvalue weighted by molar-refractivity contribution is 7.99. The van der Waals surface area contributed by atoms with Crippen LogP contribution in [0.4, 0.5) is 40.3 Å². The van der Waals surface area contributed by atoms with E-state index in [0.717, 1.165) is 120 Å². The molecule has 1 unspecified atom stereocenters. The van der Waals surface area contributed by atoms with Gasteiger partial charge in [0.15, 0.2) is 0 Å². The minimum Gasteiger partial charge on any atom is -0.380 e. The van der Waals surface area contributed by atoms with Crippen LogP contribution in [0.5, 0.6) is 0 Å². The minimum absolute atomic E-state index is 0.0236. The van der Waals surface area contributed by atoms with Crippen LogP contribution in [-0.2, 0) is 34.2 Å². The smallest absolute Gasteiger partial charge is 0.380 e. The normalized spacial score (nSPS) is 20.5. The van der Waals surface area contributed by atoms with Crippen LogP contribution in [-0.4, -0.2) is 171 Å². The fourth-order valence-corrected chi connectivity index (χ4v) is 16.4. The van der Waals surface area contributed by atoms with E-state index in [1.807, 2.05) is 47.2 Å². The highest BCUT2D eigenvalue weighted by Crippen LogP contribution is 2.50. The summed E-state index contributed by atoms with van der Waals surface area (Å²) in [5.41, 5.74) is -0.133. The molecule has 0 radical (unpaired) electrons. The van der Waals surface area contributed by atoms with Gasteiger partial charge in [0.1, 0.15) is 16.8 Å². The molecule has 11 rings (SSSR count). The average molecular weight is 1320 g/mol. The number of anilines is 4. The molecule has 17 nitrogen and oxygen atoms in total. The maximum absolute atomic E-state index is 15.4. The number of benzene rings is 5. The van der Waals surface area contributed by atoms with Gasteiger partial charge in [-0.15, -0.1) is 11.8 Å². The second-order valence-corrected chi connectivity index (χ2v) is 29.7. The number of piperazine rings is 1. The van der Waals surface area contributed by atoms with Gasteiger partial charge in [0.05, 0.1) is 22.9 Å². The summed E-state index contributed by atoms with van der Waals surface area (Å²) in [5, 5.41) is 9.10. The number of rotatable bonds is 21. The van der Waals surface area contributed by atoms with Crippen molar-refractivity contribution in [2.24, 2.45) is 11.3 Å². The first-order valence-electron chi connectivity index (χ1n) is 30.8. The molecule has 25 heteroatoms. The van der Waals surface area contributed by atoms with Crippen molar-refractivity contribution in [1.29, 1.82) is 0 Å². The van der Waals surface area contributed by atoms with Crippen molar-refractivity contribution >= 4 is 89.3 Å². The van der Waals surface area contributed by atoms with E-state index in [4.69, 9.17) is 16.3 Å². The second kappa shape index (κ2) is 28.3. The molecule has 1 spiro atoms. The lowest BCUT2D eigenvalue weighted by molar-refractivity contribution is -0.133. The Kier molecular flexibility index (Phi) is 20.5. The highest BCUT2D eigenvalue weighted by Gasteiger charge is 2.49. The Morgan fingerprint density at radius 1 is 0.789 bits per heavy atom. The molecule has 5 aromatic carbocycles. The van der Waals surface area contributed by atoms with Gasteiger partial charge < -0.3 is 35.0 Å². The summed E-state index contributed by atoms with van der Waals surface area (Å²) < 4.78 is 120. The van der Waals surface area contributed by atoms with Crippen LogP contribution in [0.3, 0.4) is 0 Å². The molecule has 0 bridgehead atoms. The van der Waals surface area contributed by atoms with Crippen LogP contribution >= 0.6 is 23.4 Å². The van der Waals surface area contributed by atoms with Gasteiger partial charge >= 0.3 is 5.51 Å². The highest BCUT2D eigenvalue weighted by atomic mass is 35.5. The first-order chi connectivity index (χ1) is 43.2. The summed E-state index contributed by atoms with van der Waals surface area (Å²) in [4.78, 5) is 47.7. The van der Waals surface area contributed by atoms with Crippen molar-refractivity contribution in [2.75, 3.05) is 124 Å². The Balaban J connectivity index is 0.685. The standard InChI is InChI=1S/C65H76ClF4N9O8S3/c66-49-11-7-46(8-12-49)55-21-23-64(24-28-76(29-25-64)40-45-41-79(42-45)59-19-13-50(37-56(59)67)71-58-18-20-61(80)73-63(58)82)39-48(55)43-77-30-32-78(33-31-77)52-14-9-47(10-15-52)62(81)74-90(85,86)54-16-17-57(60(38-54)89(83,84)65(68,69)70)72-51(44-88-53-5-2-1-3-6-53)22-27-75-26-4-35-87-36-34-75/h1-3,5-17,19,37-38,45,51,58,71-72H,4,18,20-36,39-44H2,(H,74,81)(H,73,80,82)/t51-,58?/m1/s1. The maximum Gasteiger partial charge on any atom is 0.501 e. The van der Waals surface area contributed by atoms with Crippen LogP contribution in [0.25, 0.3) is 5.57 Å². The predicted octanol–water partition coefficient (Wildman–Crippen LogP) is 9.77. The van der Waals surface area contributed by atoms with Crippen molar-refractivity contribution in [3.05, 3.63) is 143 Å². The summed E-state index contributed by atoms with van der Waals surface area (Å²) in [5.74, 6) is -1.31. The van der Waals surface area contributed by atoms with Crippen molar-refractivity contribution in [3.63, 3.8) is 0 Å². The zero-order valence-electron chi connectivity index (χ0n) is 50.0. The summed E-state index contributed by atoms with van der Waals surface area (Å²) in [6, 6.07) is 30.2. The largest absolute Gasteiger partial charge is 0.501 e. The van der Waals surface area contributed by atoms with Gasteiger partial charge in [-0.3, -0.25) is 24.6 Å². The second-order valence-electron chi connectivity index (χ2n) is 24.6. The number of carbonyl (C=O) groups excluding carboxylic acids is 3. The zero-order chi connectivity index (χ0) is 63.2. The Morgan fingerprint density at radius 2 is 1.53 bits per heavy atom. The molecule has 5 saturated heterocycles. The third-order valence-electron chi connectivity index (χ3n) is 18.4. The molecule has 5 heterocycles. The van der Waals surface area contributed by atoms with E-state index in [-0.39, 0.29) is 29.1 Å². The number of nitrogens with zero attached hydrogens (tertiary/aromatic N) is 5. The molecule has 5 aliphatic heterocycles.